The van der Waals surface area contributed by atoms with E-state index in [1.54, 1.807) is 12.1 Å². The van der Waals surface area contributed by atoms with Crippen molar-refractivity contribution in [2.75, 3.05) is 13.1 Å². The van der Waals surface area contributed by atoms with Gasteiger partial charge in [-0.1, -0.05) is 22.0 Å². The maximum absolute atomic E-state index is 13.2. The van der Waals surface area contributed by atoms with Crippen LogP contribution >= 0.6 is 15.9 Å². The van der Waals surface area contributed by atoms with E-state index >= 15 is 0 Å². The van der Waals surface area contributed by atoms with Gasteiger partial charge in [0.25, 0.3) is 0 Å². The minimum Gasteiger partial charge on any atom is -0.309 e. The molecule has 1 aromatic rings. The molecule has 1 saturated heterocycles. The summed E-state index contributed by atoms with van der Waals surface area (Å²) in [5.74, 6) is 0.665. The Bertz CT molecular complexity index is 499. The minimum atomic E-state index is -0.181. The molecule has 20 heavy (non-hydrogen) atoms. The third-order valence-corrected chi connectivity index (χ3v) is 5.15. The average molecular weight is 341 g/mol. The van der Waals surface area contributed by atoms with Crippen molar-refractivity contribution in [2.45, 2.75) is 44.8 Å². The highest BCUT2D eigenvalue weighted by Gasteiger charge is 2.40. The second-order valence-electron chi connectivity index (χ2n) is 6.81. The second kappa shape index (κ2) is 5.39. The topological polar surface area (TPSA) is 15.3 Å². The molecule has 3 rings (SSSR count). The van der Waals surface area contributed by atoms with Gasteiger partial charge in [0.2, 0.25) is 0 Å². The van der Waals surface area contributed by atoms with Crippen LogP contribution < -0.4 is 5.32 Å². The van der Waals surface area contributed by atoms with Gasteiger partial charge in [0.05, 0.1) is 0 Å². The molecule has 1 N–H and O–H groups in total. The quantitative estimate of drug-likeness (QED) is 0.905. The van der Waals surface area contributed by atoms with Gasteiger partial charge in [-0.05, 0) is 50.3 Å². The molecule has 0 aromatic heterocycles. The summed E-state index contributed by atoms with van der Waals surface area (Å²) in [5.41, 5.74) is 1.33. The molecular formula is C16H22BrFN2. The predicted molar refractivity (Wildman–Crippen MR) is 83.1 cm³/mol. The summed E-state index contributed by atoms with van der Waals surface area (Å²) >= 11 is 3.49. The number of hydrogen-bond donors (Lipinski definition) is 1. The summed E-state index contributed by atoms with van der Waals surface area (Å²) in [6.07, 6.45) is 2.71. The Morgan fingerprint density at radius 1 is 1.40 bits per heavy atom. The molecule has 1 aliphatic heterocycles. The van der Waals surface area contributed by atoms with Crippen LogP contribution in [0.4, 0.5) is 4.39 Å². The smallest absolute Gasteiger partial charge is 0.124 e. The minimum absolute atomic E-state index is 0.151. The van der Waals surface area contributed by atoms with Crippen molar-refractivity contribution in [3.63, 3.8) is 0 Å². The van der Waals surface area contributed by atoms with E-state index in [1.807, 2.05) is 6.07 Å². The molecule has 2 nitrogen and oxygen atoms in total. The Kier molecular flexibility index (Phi) is 3.91. The van der Waals surface area contributed by atoms with E-state index in [-0.39, 0.29) is 11.4 Å². The monoisotopic (exact) mass is 340 g/mol. The fraction of sp³-hybridized carbons (Fsp3) is 0.625. The summed E-state index contributed by atoms with van der Waals surface area (Å²) in [4.78, 5) is 2.58. The molecule has 110 valence electrons. The van der Waals surface area contributed by atoms with Gasteiger partial charge in [-0.25, -0.2) is 4.39 Å². The van der Waals surface area contributed by atoms with Gasteiger partial charge < -0.3 is 5.32 Å². The summed E-state index contributed by atoms with van der Waals surface area (Å²) in [6.45, 7) is 7.51. The van der Waals surface area contributed by atoms with Crippen LogP contribution in [0.1, 0.15) is 32.3 Å². The van der Waals surface area contributed by atoms with Crippen molar-refractivity contribution in [1.29, 1.82) is 0 Å². The molecular weight excluding hydrogens is 319 g/mol. The molecule has 1 heterocycles. The molecule has 1 aliphatic carbocycles. The SMILES string of the molecule is CC1(C)CN(Cc2ccc(F)cc2Br)C(C2CC2)CN1. The van der Waals surface area contributed by atoms with Crippen molar-refractivity contribution in [3.8, 4) is 0 Å². The van der Waals surface area contributed by atoms with Crippen LogP contribution in [0.2, 0.25) is 0 Å². The van der Waals surface area contributed by atoms with Gasteiger partial charge in [-0.3, -0.25) is 4.90 Å². The molecule has 1 saturated carbocycles. The lowest BCUT2D eigenvalue weighted by Crippen LogP contribution is -2.61. The highest BCUT2D eigenvalue weighted by Crippen LogP contribution is 2.38. The highest BCUT2D eigenvalue weighted by molar-refractivity contribution is 9.10. The standard InChI is InChI=1S/C16H22BrFN2/c1-16(2)10-20(15(8-19-16)11-3-4-11)9-12-5-6-13(18)7-14(12)17/h5-7,11,15,19H,3-4,8-10H2,1-2H3. The molecule has 4 heteroatoms. The lowest BCUT2D eigenvalue weighted by atomic mass is 9.96. The molecule has 0 spiro atoms. The summed E-state index contributed by atoms with van der Waals surface area (Å²) in [7, 11) is 0. The van der Waals surface area contributed by atoms with E-state index in [9.17, 15) is 4.39 Å². The Labute approximate surface area is 128 Å². The van der Waals surface area contributed by atoms with E-state index in [1.165, 1.54) is 18.4 Å². The Balaban J connectivity index is 1.78. The van der Waals surface area contributed by atoms with Crippen LogP contribution in [-0.2, 0) is 6.54 Å². The van der Waals surface area contributed by atoms with Crippen molar-refractivity contribution < 1.29 is 4.39 Å². The molecule has 1 unspecified atom stereocenters. The van der Waals surface area contributed by atoms with Crippen molar-refractivity contribution in [3.05, 3.63) is 34.1 Å². The molecule has 0 amide bonds. The Hall–Kier alpha value is -0.450. The van der Waals surface area contributed by atoms with Crippen molar-refractivity contribution >= 4 is 15.9 Å². The number of benzene rings is 1. The zero-order valence-corrected chi connectivity index (χ0v) is 13.7. The molecule has 0 bridgehead atoms. The summed E-state index contributed by atoms with van der Waals surface area (Å²) in [5, 5.41) is 3.66. The number of hydrogen-bond acceptors (Lipinski definition) is 2. The zero-order valence-electron chi connectivity index (χ0n) is 12.1. The van der Waals surface area contributed by atoms with Crippen molar-refractivity contribution in [2.24, 2.45) is 5.92 Å². The molecule has 0 radical (unpaired) electrons. The van der Waals surface area contributed by atoms with Crippen LogP contribution in [0.25, 0.3) is 0 Å². The molecule has 1 aromatic carbocycles. The molecule has 2 fully saturated rings. The maximum atomic E-state index is 13.2. The van der Waals surface area contributed by atoms with Gasteiger partial charge in [0.1, 0.15) is 5.82 Å². The van der Waals surface area contributed by atoms with Crippen LogP contribution in [0.5, 0.6) is 0 Å². The van der Waals surface area contributed by atoms with E-state index < -0.39 is 0 Å². The van der Waals surface area contributed by atoms with Crippen LogP contribution in [0.15, 0.2) is 22.7 Å². The lowest BCUT2D eigenvalue weighted by Gasteiger charge is -2.45. The fourth-order valence-electron chi connectivity index (χ4n) is 3.18. The Morgan fingerprint density at radius 2 is 2.15 bits per heavy atom. The van der Waals surface area contributed by atoms with Gasteiger partial charge in [-0.15, -0.1) is 0 Å². The first kappa shape index (κ1) is 14.5. The maximum Gasteiger partial charge on any atom is 0.124 e. The van der Waals surface area contributed by atoms with E-state index in [0.29, 0.717) is 6.04 Å². The molecule has 2 aliphatic rings. The first-order valence-corrected chi connectivity index (χ1v) is 8.17. The zero-order chi connectivity index (χ0) is 14.3. The van der Waals surface area contributed by atoms with E-state index in [4.69, 9.17) is 0 Å². The third-order valence-electron chi connectivity index (χ3n) is 4.41. The molecule has 1 atom stereocenters. The third kappa shape index (κ3) is 3.23. The van der Waals surface area contributed by atoms with Crippen LogP contribution in [0, 0.1) is 11.7 Å². The number of nitrogens with zero attached hydrogens (tertiary/aromatic N) is 1. The summed E-state index contributed by atoms with van der Waals surface area (Å²) in [6, 6.07) is 5.65. The van der Waals surface area contributed by atoms with Crippen LogP contribution in [0.3, 0.4) is 0 Å². The number of halogens is 2. The number of piperazine rings is 1. The van der Waals surface area contributed by atoms with Crippen LogP contribution in [-0.4, -0.2) is 29.6 Å². The second-order valence-corrected chi connectivity index (χ2v) is 7.66. The van der Waals surface area contributed by atoms with E-state index in [0.717, 1.165) is 30.0 Å². The number of rotatable bonds is 3. The first-order valence-electron chi connectivity index (χ1n) is 7.38. The van der Waals surface area contributed by atoms with Gasteiger partial charge in [0, 0.05) is 35.7 Å². The number of nitrogens with one attached hydrogen (secondary N) is 1. The largest absolute Gasteiger partial charge is 0.309 e. The van der Waals surface area contributed by atoms with Gasteiger partial charge in [0.15, 0.2) is 0 Å². The first-order chi connectivity index (χ1) is 9.44. The lowest BCUT2D eigenvalue weighted by molar-refractivity contribution is 0.0757. The fourth-order valence-corrected chi connectivity index (χ4v) is 3.65. The van der Waals surface area contributed by atoms with Gasteiger partial charge >= 0.3 is 0 Å². The average Bonchev–Trinajstić information content (AvgIpc) is 3.16. The van der Waals surface area contributed by atoms with Crippen molar-refractivity contribution in [1.82, 2.24) is 10.2 Å². The van der Waals surface area contributed by atoms with Gasteiger partial charge in [-0.2, -0.15) is 0 Å². The Morgan fingerprint density at radius 3 is 2.80 bits per heavy atom. The predicted octanol–water partition coefficient (Wildman–Crippen LogP) is 3.55. The highest BCUT2D eigenvalue weighted by atomic mass is 79.9. The van der Waals surface area contributed by atoms with E-state index in [2.05, 4.69) is 40.0 Å². The summed E-state index contributed by atoms with van der Waals surface area (Å²) < 4.78 is 14.1. The normalized spacial score (nSPS) is 26.7.